The van der Waals surface area contributed by atoms with Crippen molar-refractivity contribution in [3.05, 3.63) is 51.4 Å². The zero-order valence-corrected chi connectivity index (χ0v) is 14.4. The Morgan fingerprint density at radius 1 is 1.26 bits per heavy atom. The number of hydrogen-bond acceptors (Lipinski definition) is 4. The summed E-state index contributed by atoms with van der Waals surface area (Å²) in [6, 6.07) is 4.38. The molecule has 0 aliphatic rings. The first-order valence-electron chi connectivity index (χ1n) is 7.26. The molecule has 0 fully saturated rings. The van der Waals surface area contributed by atoms with Crippen LogP contribution < -0.4 is 5.56 Å². The second kappa shape index (κ2) is 6.16. The minimum Gasteiger partial charge on any atom is -0.302 e. The Hall–Kier alpha value is -2.15. The fraction of sp³-hybridized carbons (Fsp3) is 0.375. The first kappa shape index (κ1) is 17.2. The summed E-state index contributed by atoms with van der Waals surface area (Å²) in [5.74, 6) is -0.348. The van der Waals surface area contributed by atoms with Gasteiger partial charge in [0, 0.05) is 18.8 Å². The number of hydrogen-bond donors (Lipinski definition) is 1. The van der Waals surface area contributed by atoms with Crippen molar-refractivity contribution in [2.75, 3.05) is 5.75 Å². The van der Waals surface area contributed by atoms with Crippen LogP contribution in [0.2, 0.25) is 0 Å². The lowest BCUT2D eigenvalue weighted by atomic mass is 10.0. The van der Waals surface area contributed by atoms with Crippen molar-refractivity contribution < 1.29 is 13.2 Å². The Bertz CT molecular complexity index is 904. The SMILES string of the molecule is Cc1cc(S(=O)(=O)CC(C)C)ccc1C(=O)c1c[nH]n(C)c1=O. The van der Waals surface area contributed by atoms with Gasteiger partial charge in [-0.2, -0.15) is 0 Å². The molecule has 2 aromatic rings. The van der Waals surface area contributed by atoms with E-state index < -0.39 is 21.2 Å². The van der Waals surface area contributed by atoms with Gasteiger partial charge in [-0.05, 0) is 36.6 Å². The third-order valence-corrected chi connectivity index (χ3v) is 5.61. The molecule has 0 aliphatic heterocycles. The molecule has 1 N–H and O–H groups in total. The van der Waals surface area contributed by atoms with Crippen LogP contribution in [0, 0.1) is 12.8 Å². The molecule has 0 aliphatic carbocycles. The van der Waals surface area contributed by atoms with Crippen molar-refractivity contribution in [2.45, 2.75) is 25.7 Å². The van der Waals surface area contributed by atoms with Crippen LogP contribution in [-0.4, -0.2) is 29.7 Å². The predicted molar refractivity (Wildman–Crippen MR) is 87.5 cm³/mol. The molecule has 124 valence electrons. The molecule has 0 amide bonds. The number of ketones is 1. The first-order chi connectivity index (χ1) is 10.6. The Morgan fingerprint density at radius 3 is 2.39 bits per heavy atom. The molecule has 1 heterocycles. The molecule has 0 radical (unpaired) electrons. The number of aromatic amines is 1. The lowest BCUT2D eigenvalue weighted by Gasteiger charge is -2.10. The molecule has 0 bridgehead atoms. The molecule has 23 heavy (non-hydrogen) atoms. The highest BCUT2D eigenvalue weighted by atomic mass is 32.2. The maximum absolute atomic E-state index is 12.5. The van der Waals surface area contributed by atoms with E-state index in [0.717, 1.165) is 0 Å². The van der Waals surface area contributed by atoms with Crippen LogP contribution >= 0.6 is 0 Å². The van der Waals surface area contributed by atoms with Gasteiger partial charge in [0.05, 0.1) is 10.6 Å². The average Bonchev–Trinajstić information content (AvgIpc) is 2.77. The third kappa shape index (κ3) is 3.44. The van der Waals surface area contributed by atoms with E-state index in [1.807, 2.05) is 13.8 Å². The van der Waals surface area contributed by atoms with Crippen molar-refractivity contribution in [2.24, 2.45) is 13.0 Å². The normalized spacial score (nSPS) is 11.9. The highest BCUT2D eigenvalue weighted by Gasteiger charge is 2.21. The molecule has 6 nitrogen and oxygen atoms in total. The van der Waals surface area contributed by atoms with E-state index >= 15 is 0 Å². The zero-order chi connectivity index (χ0) is 17.4. The summed E-state index contributed by atoms with van der Waals surface area (Å²) in [5.41, 5.74) is 0.479. The van der Waals surface area contributed by atoms with Crippen LogP contribution in [0.15, 0.2) is 34.1 Å². The topological polar surface area (TPSA) is 89.0 Å². The Labute approximate surface area is 135 Å². The van der Waals surface area contributed by atoms with Crippen molar-refractivity contribution in [1.29, 1.82) is 0 Å². The smallest absolute Gasteiger partial charge is 0.277 e. The predicted octanol–water partition coefficient (Wildman–Crippen LogP) is 1.68. The Balaban J connectivity index is 2.43. The van der Waals surface area contributed by atoms with Crippen molar-refractivity contribution in [1.82, 2.24) is 9.78 Å². The summed E-state index contributed by atoms with van der Waals surface area (Å²) < 4.78 is 25.7. The number of carbonyl (C=O) groups is 1. The maximum Gasteiger partial charge on any atom is 0.277 e. The highest BCUT2D eigenvalue weighted by molar-refractivity contribution is 7.91. The summed E-state index contributed by atoms with van der Waals surface area (Å²) >= 11 is 0. The van der Waals surface area contributed by atoms with Gasteiger partial charge in [0.25, 0.3) is 5.56 Å². The second-order valence-corrected chi connectivity index (χ2v) is 8.07. The first-order valence-corrected chi connectivity index (χ1v) is 8.91. The fourth-order valence-electron chi connectivity index (χ4n) is 2.39. The van der Waals surface area contributed by atoms with E-state index in [-0.39, 0.29) is 22.1 Å². The number of benzene rings is 1. The minimum absolute atomic E-state index is 0.0180. The van der Waals surface area contributed by atoms with Crippen molar-refractivity contribution >= 4 is 15.6 Å². The van der Waals surface area contributed by atoms with Crippen LogP contribution in [0.25, 0.3) is 0 Å². The molecule has 0 atom stereocenters. The quantitative estimate of drug-likeness (QED) is 0.841. The van der Waals surface area contributed by atoms with Crippen LogP contribution in [0.4, 0.5) is 0 Å². The number of nitrogens with one attached hydrogen (secondary N) is 1. The van der Waals surface area contributed by atoms with Gasteiger partial charge in [-0.3, -0.25) is 14.3 Å². The summed E-state index contributed by atoms with van der Waals surface area (Å²) in [7, 11) is -1.86. The number of carbonyl (C=O) groups excluding carboxylic acids is 1. The standard InChI is InChI=1S/C16H20N2O4S/c1-10(2)9-23(21,22)12-5-6-13(11(3)7-12)15(19)14-8-17-18(4)16(14)20/h5-8,10,17H,9H2,1-4H3. The summed E-state index contributed by atoms with van der Waals surface area (Å²) in [5, 5.41) is 2.65. The van der Waals surface area contributed by atoms with Gasteiger partial charge >= 0.3 is 0 Å². The lowest BCUT2D eigenvalue weighted by Crippen LogP contribution is -2.20. The fourth-order valence-corrected chi connectivity index (χ4v) is 4.09. The van der Waals surface area contributed by atoms with Crippen LogP contribution in [0.5, 0.6) is 0 Å². The minimum atomic E-state index is -3.38. The average molecular weight is 336 g/mol. The molecular formula is C16H20N2O4S. The largest absolute Gasteiger partial charge is 0.302 e. The van der Waals surface area contributed by atoms with Gasteiger partial charge < -0.3 is 5.10 Å². The molecule has 0 spiro atoms. The molecule has 0 unspecified atom stereocenters. The van der Waals surface area contributed by atoms with E-state index in [4.69, 9.17) is 0 Å². The number of H-pyrrole nitrogens is 1. The second-order valence-electron chi connectivity index (χ2n) is 6.03. The number of nitrogens with zero attached hydrogens (tertiary/aromatic N) is 1. The van der Waals surface area contributed by atoms with Crippen LogP contribution in [-0.2, 0) is 16.9 Å². The monoisotopic (exact) mass is 336 g/mol. The van der Waals surface area contributed by atoms with Gasteiger partial charge in [-0.1, -0.05) is 13.8 Å². The molecule has 1 aromatic heterocycles. The highest BCUT2D eigenvalue weighted by Crippen LogP contribution is 2.20. The van der Waals surface area contributed by atoms with Gasteiger partial charge in [0.2, 0.25) is 0 Å². The Kier molecular flexibility index (Phi) is 4.61. The van der Waals surface area contributed by atoms with E-state index in [1.54, 1.807) is 6.92 Å². The van der Waals surface area contributed by atoms with E-state index in [1.165, 1.54) is 36.1 Å². The van der Waals surface area contributed by atoms with Crippen molar-refractivity contribution in [3.8, 4) is 0 Å². The number of aromatic nitrogens is 2. The molecule has 2 rings (SSSR count). The molecule has 1 aromatic carbocycles. The van der Waals surface area contributed by atoms with E-state index in [9.17, 15) is 18.0 Å². The molecule has 0 saturated carbocycles. The summed E-state index contributed by atoms with van der Waals surface area (Å²) in [6.45, 7) is 5.34. The number of sulfone groups is 1. The molecule has 7 heteroatoms. The van der Waals surface area contributed by atoms with Crippen LogP contribution in [0.3, 0.4) is 0 Å². The number of aryl methyl sites for hydroxylation is 2. The van der Waals surface area contributed by atoms with Crippen LogP contribution in [0.1, 0.15) is 35.3 Å². The summed E-state index contributed by atoms with van der Waals surface area (Å²) in [6.07, 6.45) is 1.35. The van der Waals surface area contributed by atoms with Gasteiger partial charge in [0.15, 0.2) is 15.6 Å². The zero-order valence-electron chi connectivity index (χ0n) is 13.6. The summed E-state index contributed by atoms with van der Waals surface area (Å²) in [4.78, 5) is 24.5. The maximum atomic E-state index is 12.5. The van der Waals surface area contributed by atoms with Crippen molar-refractivity contribution in [3.63, 3.8) is 0 Å². The number of rotatable bonds is 5. The molecule has 0 saturated heterocycles. The third-order valence-electron chi connectivity index (χ3n) is 3.54. The lowest BCUT2D eigenvalue weighted by molar-refractivity contribution is 0.103. The van der Waals surface area contributed by atoms with Gasteiger partial charge in [-0.25, -0.2) is 8.42 Å². The van der Waals surface area contributed by atoms with Gasteiger partial charge in [0.1, 0.15) is 5.56 Å². The van der Waals surface area contributed by atoms with Gasteiger partial charge in [-0.15, -0.1) is 0 Å². The van der Waals surface area contributed by atoms with E-state index in [2.05, 4.69) is 5.10 Å². The molecular weight excluding hydrogens is 316 g/mol. The Morgan fingerprint density at radius 2 is 1.91 bits per heavy atom. The van der Waals surface area contributed by atoms with E-state index in [0.29, 0.717) is 11.1 Å².